The van der Waals surface area contributed by atoms with Gasteiger partial charge in [0.25, 0.3) is 0 Å². The zero-order valence-corrected chi connectivity index (χ0v) is 25.0. The number of rotatable bonds is 7. The van der Waals surface area contributed by atoms with E-state index in [1.54, 1.807) is 41.2 Å². The zero-order valence-electron chi connectivity index (χ0n) is 25.0. The van der Waals surface area contributed by atoms with Crippen molar-refractivity contribution in [2.45, 2.75) is 13.0 Å². The summed E-state index contributed by atoms with van der Waals surface area (Å²) in [5.74, 6) is 1.92. The Balaban J connectivity index is 1.13. The molecule has 13 nitrogen and oxygen atoms in total. The van der Waals surface area contributed by atoms with Crippen LogP contribution < -0.4 is 19.7 Å². The van der Waals surface area contributed by atoms with Crippen LogP contribution in [0.4, 0.5) is 21.7 Å². The summed E-state index contributed by atoms with van der Waals surface area (Å²) < 4.78 is 29.4. The number of halogens is 1. The number of nitrogens with zero attached hydrogens (tertiary/aromatic N) is 9. The van der Waals surface area contributed by atoms with Gasteiger partial charge in [-0.2, -0.15) is 5.10 Å². The molecule has 4 aromatic heterocycles. The number of hydrogen-bond acceptors (Lipinski definition) is 11. The Kier molecular flexibility index (Phi) is 7.33. The summed E-state index contributed by atoms with van der Waals surface area (Å²) in [6.07, 6.45) is 9.75. The van der Waals surface area contributed by atoms with Gasteiger partial charge in [0.05, 0.1) is 28.8 Å². The molecule has 0 aliphatic carbocycles. The van der Waals surface area contributed by atoms with Crippen molar-refractivity contribution in [1.82, 2.24) is 39.3 Å². The van der Waals surface area contributed by atoms with Gasteiger partial charge in [0.1, 0.15) is 42.4 Å². The second-order valence-corrected chi connectivity index (χ2v) is 11.3. The Hall–Kier alpha value is -5.37. The van der Waals surface area contributed by atoms with Crippen LogP contribution >= 0.6 is 0 Å². The summed E-state index contributed by atoms with van der Waals surface area (Å²) in [5.41, 5.74) is 2.12. The van der Waals surface area contributed by atoms with Crippen LogP contribution in [0.5, 0.6) is 17.2 Å². The van der Waals surface area contributed by atoms with Gasteiger partial charge < -0.3 is 29.5 Å². The topological polar surface area (TPSA) is 126 Å². The van der Waals surface area contributed by atoms with Crippen molar-refractivity contribution in [1.29, 1.82) is 0 Å². The molecule has 1 atom stereocenters. The lowest BCUT2D eigenvalue weighted by Crippen LogP contribution is -2.58. The number of carbonyl (C=O) groups is 1. The second-order valence-electron chi connectivity index (χ2n) is 11.3. The number of hydrogen-bond donors (Lipinski definition) is 1. The number of benzene rings is 1. The molecule has 6 heterocycles. The van der Waals surface area contributed by atoms with Crippen molar-refractivity contribution < 1.29 is 18.7 Å². The number of likely N-dealkylation sites (N-methyl/N-ethyl adjacent to an activating group) is 1. The lowest BCUT2D eigenvalue weighted by molar-refractivity contribution is -0.127. The highest BCUT2D eigenvalue weighted by molar-refractivity contribution is 5.99. The van der Waals surface area contributed by atoms with Gasteiger partial charge in [-0.1, -0.05) is 6.08 Å². The molecular formula is C31H31FN10O3. The first-order chi connectivity index (χ1) is 21.8. The summed E-state index contributed by atoms with van der Waals surface area (Å²) in [7, 11) is 3.92. The molecule has 1 aromatic carbocycles. The maximum Gasteiger partial charge on any atom is 0.246 e. The van der Waals surface area contributed by atoms with Crippen molar-refractivity contribution >= 4 is 39.8 Å². The average molecular weight is 611 g/mol. The number of anilines is 3. The third-order valence-corrected chi connectivity index (χ3v) is 7.83. The van der Waals surface area contributed by atoms with E-state index in [1.807, 2.05) is 36.9 Å². The molecule has 45 heavy (non-hydrogen) atoms. The van der Waals surface area contributed by atoms with E-state index >= 15 is 4.39 Å². The molecule has 1 N–H and O–H groups in total. The first-order valence-electron chi connectivity index (χ1n) is 14.5. The summed E-state index contributed by atoms with van der Waals surface area (Å²) >= 11 is 0. The van der Waals surface area contributed by atoms with Crippen LogP contribution in [0.2, 0.25) is 0 Å². The van der Waals surface area contributed by atoms with Crippen molar-refractivity contribution in [3.05, 3.63) is 72.8 Å². The number of aromatic nitrogens is 6. The van der Waals surface area contributed by atoms with Crippen molar-refractivity contribution in [2.75, 3.05) is 57.1 Å². The SMILES string of the molecule is Cc1cc(Nc2ncnc3cnc4c(c23)OC[C@H]2CN(C(=O)/C=C/CN(C)C)CCN42)c(F)cc1Oc1ccn2ncnc2c1. The molecule has 0 unspecified atom stereocenters. The highest BCUT2D eigenvalue weighted by Gasteiger charge is 2.36. The maximum atomic E-state index is 15.5. The Morgan fingerprint density at radius 2 is 2.07 bits per heavy atom. The lowest BCUT2D eigenvalue weighted by atomic mass is 10.1. The number of fused-ring (bicyclic) bond motifs is 6. The lowest BCUT2D eigenvalue weighted by Gasteiger charge is -2.44. The molecular weight excluding hydrogens is 579 g/mol. The number of pyridine rings is 2. The van der Waals surface area contributed by atoms with Gasteiger partial charge in [0.15, 0.2) is 17.2 Å². The number of aryl methyl sites for hydroxylation is 1. The second kappa shape index (κ2) is 11.6. The molecule has 2 aliphatic heterocycles. The maximum absolute atomic E-state index is 15.5. The van der Waals surface area contributed by atoms with Crippen molar-refractivity contribution in [2.24, 2.45) is 0 Å². The van der Waals surface area contributed by atoms with Gasteiger partial charge in [-0.15, -0.1) is 0 Å². The van der Waals surface area contributed by atoms with Gasteiger partial charge >= 0.3 is 0 Å². The minimum Gasteiger partial charge on any atom is -0.487 e. The Morgan fingerprint density at radius 1 is 1.18 bits per heavy atom. The van der Waals surface area contributed by atoms with Gasteiger partial charge in [-0.25, -0.2) is 28.8 Å². The molecule has 1 amide bonds. The molecule has 7 rings (SSSR count). The molecule has 2 aliphatic rings. The Labute approximate surface area is 257 Å². The first-order valence-corrected chi connectivity index (χ1v) is 14.5. The Bertz CT molecular complexity index is 1940. The standard InChI is InChI=1S/C31H31FN10O3/c1-19-11-23(22(32)13-25(19)45-21-6-8-42-26(12-21)35-18-37-42)38-30-28-24(34-17-36-30)14-33-31-29(28)44-16-20-15-40(9-10-41(20)31)27(43)5-4-7-39(2)3/h4-6,8,11-14,17-18,20H,7,9-10,15-16H2,1-3H3,(H,34,36,38)/b5-4+/t20-/m1/s1. The smallest absolute Gasteiger partial charge is 0.246 e. The molecule has 1 saturated heterocycles. The van der Waals surface area contributed by atoms with Crippen LogP contribution in [0.25, 0.3) is 16.6 Å². The fraction of sp³-hybridized carbons (Fsp3) is 0.290. The van der Waals surface area contributed by atoms with E-state index in [2.05, 4.69) is 35.3 Å². The minimum atomic E-state index is -0.518. The average Bonchev–Trinajstić information content (AvgIpc) is 3.50. The highest BCUT2D eigenvalue weighted by Crippen LogP contribution is 2.42. The van der Waals surface area contributed by atoms with Gasteiger partial charge in [-0.3, -0.25) is 4.79 Å². The number of nitrogens with one attached hydrogen (secondary N) is 1. The number of carbonyl (C=O) groups excluding carboxylic acids is 1. The molecule has 5 aromatic rings. The third-order valence-electron chi connectivity index (χ3n) is 7.83. The molecule has 0 saturated carbocycles. The molecule has 0 radical (unpaired) electrons. The van der Waals surface area contributed by atoms with Crippen LogP contribution in [0.15, 0.2) is 61.5 Å². The largest absolute Gasteiger partial charge is 0.487 e. The predicted molar refractivity (Wildman–Crippen MR) is 166 cm³/mol. The molecule has 1 fully saturated rings. The molecule has 14 heteroatoms. The monoisotopic (exact) mass is 610 g/mol. The zero-order chi connectivity index (χ0) is 31.1. The number of piperazine rings is 1. The van der Waals surface area contributed by atoms with Gasteiger partial charge in [0, 0.05) is 50.6 Å². The van der Waals surface area contributed by atoms with E-state index in [9.17, 15) is 4.79 Å². The van der Waals surface area contributed by atoms with E-state index in [-0.39, 0.29) is 17.6 Å². The van der Waals surface area contributed by atoms with Crippen LogP contribution in [0.3, 0.4) is 0 Å². The van der Waals surface area contributed by atoms with Crippen LogP contribution in [0.1, 0.15) is 5.56 Å². The minimum absolute atomic E-state index is 0.0150. The fourth-order valence-corrected chi connectivity index (χ4v) is 5.56. The van der Waals surface area contributed by atoms with Crippen LogP contribution in [-0.4, -0.2) is 98.2 Å². The fourth-order valence-electron chi connectivity index (χ4n) is 5.56. The predicted octanol–water partition coefficient (Wildman–Crippen LogP) is 3.58. The quantitative estimate of drug-likeness (QED) is 0.272. The number of amides is 1. The third kappa shape index (κ3) is 5.55. The van der Waals surface area contributed by atoms with E-state index in [1.165, 1.54) is 18.7 Å². The summed E-state index contributed by atoms with van der Waals surface area (Å²) in [6, 6.07) is 6.42. The van der Waals surface area contributed by atoms with Crippen LogP contribution in [-0.2, 0) is 4.79 Å². The van der Waals surface area contributed by atoms with Crippen LogP contribution in [0, 0.1) is 12.7 Å². The molecule has 0 bridgehead atoms. The summed E-state index contributed by atoms with van der Waals surface area (Å²) in [4.78, 5) is 36.4. The van der Waals surface area contributed by atoms with E-state index in [0.717, 1.165) is 0 Å². The van der Waals surface area contributed by atoms with Crippen molar-refractivity contribution in [3.63, 3.8) is 0 Å². The van der Waals surface area contributed by atoms with E-state index < -0.39 is 5.82 Å². The molecule has 0 spiro atoms. The summed E-state index contributed by atoms with van der Waals surface area (Å²) in [6.45, 7) is 4.57. The van der Waals surface area contributed by atoms with E-state index in [0.29, 0.717) is 83.8 Å². The normalized spacial score (nSPS) is 16.2. The summed E-state index contributed by atoms with van der Waals surface area (Å²) in [5, 5.41) is 7.83. The van der Waals surface area contributed by atoms with Gasteiger partial charge in [-0.05, 0) is 38.7 Å². The number of ether oxygens (including phenoxy) is 2. The van der Waals surface area contributed by atoms with Gasteiger partial charge in [0.2, 0.25) is 5.91 Å². The van der Waals surface area contributed by atoms with Crippen molar-refractivity contribution in [3.8, 4) is 17.2 Å². The van der Waals surface area contributed by atoms with E-state index in [4.69, 9.17) is 9.47 Å². The molecule has 230 valence electrons. The first kappa shape index (κ1) is 28.4. The highest BCUT2D eigenvalue weighted by atomic mass is 19.1. The Morgan fingerprint density at radius 3 is 2.93 bits per heavy atom.